The van der Waals surface area contributed by atoms with Crippen molar-refractivity contribution in [3.63, 3.8) is 0 Å². The van der Waals surface area contributed by atoms with Crippen molar-refractivity contribution in [3.8, 4) is 0 Å². The predicted molar refractivity (Wildman–Crippen MR) is 74.1 cm³/mol. The third-order valence-electron chi connectivity index (χ3n) is 3.03. The van der Waals surface area contributed by atoms with Crippen molar-refractivity contribution < 1.29 is 4.79 Å². The number of urea groups is 1. The van der Waals surface area contributed by atoms with Crippen molar-refractivity contribution in [2.24, 2.45) is 0 Å². The maximum atomic E-state index is 11.6. The molecule has 1 saturated heterocycles. The third-order valence-corrected chi connectivity index (χ3v) is 3.36. The third kappa shape index (κ3) is 3.89. The molecule has 2 amide bonds. The van der Waals surface area contributed by atoms with Crippen LogP contribution in [0.15, 0.2) is 24.3 Å². The van der Waals surface area contributed by atoms with Gasteiger partial charge in [0.25, 0.3) is 0 Å². The average molecular weight is 268 g/mol. The van der Waals surface area contributed by atoms with Gasteiger partial charge in [0.15, 0.2) is 0 Å². The quantitative estimate of drug-likeness (QED) is 0.881. The van der Waals surface area contributed by atoms with E-state index >= 15 is 0 Å². The summed E-state index contributed by atoms with van der Waals surface area (Å²) in [6.07, 6.45) is 2.54. The van der Waals surface area contributed by atoms with Gasteiger partial charge in [-0.15, -0.1) is 0 Å². The number of rotatable bonds is 4. The Bertz CT molecular complexity index is 405. The van der Waals surface area contributed by atoms with Crippen LogP contribution in [0, 0.1) is 0 Å². The van der Waals surface area contributed by atoms with E-state index in [1.807, 2.05) is 12.1 Å². The van der Waals surface area contributed by atoms with Crippen LogP contribution in [-0.4, -0.2) is 37.1 Å². The predicted octanol–water partition coefficient (Wildman–Crippen LogP) is 2.56. The molecule has 2 N–H and O–H groups in total. The van der Waals surface area contributed by atoms with E-state index in [1.54, 1.807) is 12.1 Å². The summed E-state index contributed by atoms with van der Waals surface area (Å²) >= 11 is 5.96. The van der Waals surface area contributed by atoms with E-state index in [2.05, 4.69) is 15.5 Å². The lowest BCUT2D eigenvalue weighted by Crippen LogP contribution is -2.35. The molecule has 18 heavy (non-hydrogen) atoms. The normalized spacial score (nSPS) is 15.6. The second-order valence-electron chi connectivity index (χ2n) is 4.41. The summed E-state index contributed by atoms with van der Waals surface area (Å²) < 4.78 is 0. The standard InChI is InChI=1S/C13H18ClN3O/c14-11-5-1-2-6-12(11)16-13(18)15-7-10-17-8-3-4-9-17/h1-2,5-6H,3-4,7-10H2,(H2,15,16,18). The molecule has 0 bridgehead atoms. The van der Waals surface area contributed by atoms with E-state index in [-0.39, 0.29) is 6.03 Å². The molecule has 0 spiro atoms. The molecule has 0 aromatic heterocycles. The number of nitrogens with zero attached hydrogens (tertiary/aromatic N) is 1. The molecule has 0 unspecified atom stereocenters. The first kappa shape index (κ1) is 13.2. The Balaban J connectivity index is 1.70. The monoisotopic (exact) mass is 267 g/mol. The Hall–Kier alpha value is -1.26. The number of hydrogen-bond acceptors (Lipinski definition) is 2. The first-order valence-electron chi connectivity index (χ1n) is 6.27. The lowest BCUT2D eigenvalue weighted by atomic mass is 10.3. The SMILES string of the molecule is O=C(NCCN1CCCC1)Nc1ccccc1Cl. The number of likely N-dealkylation sites (tertiary alicyclic amines) is 1. The van der Waals surface area contributed by atoms with Crippen molar-refractivity contribution in [1.29, 1.82) is 0 Å². The number of anilines is 1. The van der Waals surface area contributed by atoms with Crippen molar-refractivity contribution >= 4 is 23.3 Å². The Morgan fingerprint density at radius 3 is 2.72 bits per heavy atom. The number of para-hydroxylation sites is 1. The second-order valence-corrected chi connectivity index (χ2v) is 4.82. The van der Waals surface area contributed by atoms with E-state index in [1.165, 1.54) is 12.8 Å². The van der Waals surface area contributed by atoms with Crippen LogP contribution >= 0.6 is 11.6 Å². The zero-order valence-corrected chi connectivity index (χ0v) is 11.0. The molecule has 98 valence electrons. The zero-order valence-electron chi connectivity index (χ0n) is 10.3. The first-order valence-corrected chi connectivity index (χ1v) is 6.65. The first-order chi connectivity index (χ1) is 8.75. The number of amides is 2. The van der Waals surface area contributed by atoms with Gasteiger partial charge in [0, 0.05) is 13.1 Å². The molecular weight excluding hydrogens is 250 g/mol. The Morgan fingerprint density at radius 1 is 1.28 bits per heavy atom. The number of halogens is 1. The molecule has 1 aromatic rings. The summed E-state index contributed by atoms with van der Waals surface area (Å²) in [4.78, 5) is 14.0. The molecule has 1 aromatic carbocycles. The highest BCUT2D eigenvalue weighted by Gasteiger charge is 2.11. The molecule has 1 aliphatic heterocycles. The van der Waals surface area contributed by atoms with E-state index < -0.39 is 0 Å². The van der Waals surface area contributed by atoms with Crippen molar-refractivity contribution in [2.45, 2.75) is 12.8 Å². The van der Waals surface area contributed by atoms with Crippen LogP contribution in [0.25, 0.3) is 0 Å². The molecule has 0 aliphatic carbocycles. The number of nitrogens with one attached hydrogen (secondary N) is 2. The molecule has 1 aliphatic rings. The molecule has 1 fully saturated rings. The summed E-state index contributed by atoms with van der Waals surface area (Å²) in [5.41, 5.74) is 0.637. The zero-order chi connectivity index (χ0) is 12.8. The molecular formula is C13H18ClN3O. The van der Waals surface area contributed by atoms with E-state index in [4.69, 9.17) is 11.6 Å². The van der Waals surface area contributed by atoms with Gasteiger partial charge in [0.1, 0.15) is 0 Å². The molecule has 2 rings (SSSR count). The van der Waals surface area contributed by atoms with Gasteiger partial charge in [0.2, 0.25) is 0 Å². The average Bonchev–Trinajstić information content (AvgIpc) is 2.85. The van der Waals surface area contributed by atoms with Crippen molar-refractivity contribution in [2.75, 3.05) is 31.5 Å². The minimum absolute atomic E-state index is 0.206. The maximum Gasteiger partial charge on any atom is 0.319 e. The molecule has 1 heterocycles. The summed E-state index contributed by atoms with van der Waals surface area (Å²) in [7, 11) is 0. The Kier molecular flexibility index (Phi) is 4.84. The van der Waals surface area contributed by atoms with Gasteiger partial charge in [-0.25, -0.2) is 4.79 Å². The molecule has 4 nitrogen and oxygen atoms in total. The lowest BCUT2D eigenvalue weighted by Gasteiger charge is -2.15. The van der Waals surface area contributed by atoms with Gasteiger partial charge in [-0.3, -0.25) is 0 Å². The topological polar surface area (TPSA) is 44.4 Å². The van der Waals surface area contributed by atoms with Gasteiger partial charge in [0.05, 0.1) is 10.7 Å². The smallest absolute Gasteiger partial charge is 0.319 e. The fourth-order valence-corrected chi connectivity index (χ4v) is 2.25. The van der Waals surface area contributed by atoms with Crippen LogP contribution in [-0.2, 0) is 0 Å². The largest absolute Gasteiger partial charge is 0.337 e. The number of benzene rings is 1. The van der Waals surface area contributed by atoms with Gasteiger partial charge in [-0.2, -0.15) is 0 Å². The van der Waals surface area contributed by atoms with Gasteiger partial charge < -0.3 is 15.5 Å². The Labute approximate surface area is 112 Å². The van der Waals surface area contributed by atoms with E-state index in [9.17, 15) is 4.79 Å². The molecule has 0 atom stereocenters. The lowest BCUT2D eigenvalue weighted by molar-refractivity contribution is 0.249. The van der Waals surface area contributed by atoms with Gasteiger partial charge in [-0.1, -0.05) is 23.7 Å². The van der Waals surface area contributed by atoms with E-state index in [0.29, 0.717) is 17.3 Å². The number of carbonyl (C=O) groups is 1. The highest BCUT2D eigenvalue weighted by atomic mass is 35.5. The van der Waals surface area contributed by atoms with Crippen LogP contribution in [0.2, 0.25) is 5.02 Å². The molecule has 5 heteroatoms. The summed E-state index contributed by atoms with van der Waals surface area (Å²) in [6, 6.07) is 7.00. The highest BCUT2D eigenvalue weighted by molar-refractivity contribution is 6.33. The Morgan fingerprint density at radius 2 is 2.00 bits per heavy atom. The van der Waals surface area contributed by atoms with Crippen molar-refractivity contribution in [3.05, 3.63) is 29.3 Å². The van der Waals surface area contributed by atoms with E-state index in [0.717, 1.165) is 19.6 Å². The van der Waals surface area contributed by atoms with Gasteiger partial charge in [-0.05, 0) is 38.1 Å². The summed E-state index contributed by atoms with van der Waals surface area (Å²) in [6.45, 7) is 3.87. The number of carbonyl (C=O) groups excluding carboxylic acids is 1. The van der Waals surface area contributed by atoms with Gasteiger partial charge >= 0.3 is 6.03 Å². The summed E-state index contributed by atoms with van der Waals surface area (Å²) in [5.74, 6) is 0. The fourth-order valence-electron chi connectivity index (χ4n) is 2.06. The summed E-state index contributed by atoms with van der Waals surface area (Å²) in [5, 5.41) is 6.12. The minimum Gasteiger partial charge on any atom is -0.337 e. The molecule has 0 saturated carbocycles. The van der Waals surface area contributed by atoms with Crippen LogP contribution in [0.1, 0.15) is 12.8 Å². The van der Waals surface area contributed by atoms with Crippen LogP contribution in [0.3, 0.4) is 0 Å². The minimum atomic E-state index is -0.206. The number of hydrogen-bond donors (Lipinski definition) is 2. The second kappa shape index (κ2) is 6.61. The van der Waals surface area contributed by atoms with Crippen molar-refractivity contribution in [1.82, 2.24) is 10.2 Å². The molecule has 0 radical (unpaired) electrons. The fraction of sp³-hybridized carbons (Fsp3) is 0.462. The van der Waals surface area contributed by atoms with Crippen LogP contribution in [0.4, 0.5) is 10.5 Å². The maximum absolute atomic E-state index is 11.6. The highest BCUT2D eigenvalue weighted by Crippen LogP contribution is 2.19. The van der Waals surface area contributed by atoms with Crippen LogP contribution < -0.4 is 10.6 Å². The van der Waals surface area contributed by atoms with Crippen LogP contribution in [0.5, 0.6) is 0 Å².